The predicted octanol–water partition coefficient (Wildman–Crippen LogP) is 5.54. The fourth-order valence-corrected chi connectivity index (χ4v) is 3.46. The number of aryl methyl sites for hydroxylation is 1. The van der Waals surface area contributed by atoms with Crippen molar-refractivity contribution in [2.75, 3.05) is 0 Å². The number of ketones is 1. The minimum absolute atomic E-state index is 0.0765. The van der Waals surface area contributed by atoms with Gasteiger partial charge in [0.05, 0.1) is 16.9 Å². The summed E-state index contributed by atoms with van der Waals surface area (Å²) >= 11 is 0. The largest absolute Gasteiger partial charge is 0.298 e. The molecule has 0 unspecified atom stereocenters. The molecule has 0 bridgehead atoms. The highest BCUT2D eigenvalue weighted by Crippen LogP contribution is 2.34. The predicted molar refractivity (Wildman–Crippen MR) is 115 cm³/mol. The van der Waals surface area contributed by atoms with Crippen LogP contribution in [0, 0.1) is 0 Å². The molecule has 29 heavy (non-hydrogen) atoms. The van der Waals surface area contributed by atoms with Gasteiger partial charge in [-0.15, -0.1) is 0 Å². The first-order valence-electron chi connectivity index (χ1n) is 9.57. The number of pyridine rings is 2. The first kappa shape index (κ1) is 18.7. The van der Waals surface area contributed by atoms with E-state index < -0.39 is 0 Å². The number of carbonyl (C=O) groups is 2. The summed E-state index contributed by atoms with van der Waals surface area (Å²) in [7, 11) is 0. The normalized spacial score (nSPS) is 10.8. The van der Waals surface area contributed by atoms with Crippen molar-refractivity contribution in [2.24, 2.45) is 0 Å². The summed E-state index contributed by atoms with van der Waals surface area (Å²) in [6, 6.07) is 21.3. The van der Waals surface area contributed by atoms with Crippen LogP contribution in [0.25, 0.3) is 33.3 Å². The van der Waals surface area contributed by atoms with E-state index in [9.17, 15) is 9.59 Å². The van der Waals surface area contributed by atoms with Gasteiger partial charge >= 0.3 is 0 Å². The van der Waals surface area contributed by atoms with Crippen molar-refractivity contribution in [3.63, 3.8) is 0 Å². The third-order valence-corrected chi connectivity index (χ3v) is 4.99. The number of aldehydes is 1. The van der Waals surface area contributed by atoms with Crippen LogP contribution >= 0.6 is 0 Å². The summed E-state index contributed by atoms with van der Waals surface area (Å²) in [5.41, 5.74) is 6.41. The Morgan fingerprint density at radius 1 is 0.931 bits per heavy atom. The Morgan fingerprint density at radius 3 is 2.28 bits per heavy atom. The average molecular weight is 380 g/mol. The highest BCUT2D eigenvalue weighted by molar-refractivity contribution is 5.98. The molecule has 0 saturated heterocycles. The molecule has 4 aromatic rings. The van der Waals surface area contributed by atoms with Crippen molar-refractivity contribution < 1.29 is 9.59 Å². The van der Waals surface area contributed by atoms with Gasteiger partial charge in [0.15, 0.2) is 5.78 Å². The van der Waals surface area contributed by atoms with Crippen LogP contribution in [0.5, 0.6) is 0 Å². The maximum absolute atomic E-state index is 11.9. The first-order chi connectivity index (χ1) is 14.1. The number of hydrogen-bond donors (Lipinski definition) is 0. The minimum atomic E-state index is -0.0765. The molecule has 4 nitrogen and oxygen atoms in total. The Labute approximate surface area is 169 Å². The number of hydrogen-bond acceptors (Lipinski definition) is 4. The van der Waals surface area contributed by atoms with Crippen LogP contribution in [0.1, 0.15) is 40.4 Å². The monoisotopic (exact) mass is 380 g/mol. The van der Waals surface area contributed by atoms with Gasteiger partial charge in [-0.1, -0.05) is 61.5 Å². The standard InChI is InChI=1S/C25H20N2O2/c1-3-22-21-13-20(18-7-5-4-6-8-18)25(19-11-9-17(15-28)10-12-19)27-24(21)14-23(26-22)16(2)29/h4-15H,3H2,1-2H3. The smallest absolute Gasteiger partial charge is 0.178 e. The molecule has 2 heterocycles. The molecule has 2 aromatic carbocycles. The maximum Gasteiger partial charge on any atom is 0.178 e. The number of nitrogens with zero attached hydrogens (tertiary/aromatic N) is 2. The molecule has 0 amide bonds. The third kappa shape index (κ3) is 3.57. The number of rotatable bonds is 5. The summed E-state index contributed by atoms with van der Waals surface area (Å²) in [6.45, 7) is 3.55. The molecule has 0 atom stereocenters. The van der Waals surface area contributed by atoms with Crippen LogP contribution < -0.4 is 0 Å². The highest BCUT2D eigenvalue weighted by atomic mass is 16.1. The van der Waals surface area contributed by atoms with E-state index in [1.54, 1.807) is 18.2 Å². The maximum atomic E-state index is 11.9. The lowest BCUT2D eigenvalue weighted by atomic mass is 9.96. The van der Waals surface area contributed by atoms with Gasteiger partial charge in [-0.25, -0.2) is 9.97 Å². The number of carbonyl (C=O) groups excluding carboxylic acids is 2. The molecule has 0 aliphatic rings. The molecular weight excluding hydrogens is 360 g/mol. The van der Waals surface area contributed by atoms with Gasteiger partial charge in [0, 0.05) is 29.0 Å². The molecule has 0 saturated carbocycles. The number of Topliss-reactive ketones (excluding diaryl/α,β-unsaturated/α-hetero) is 1. The Balaban J connectivity index is 2.05. The Kier molecular flexibility index (Phi) is 5.00. The summed E-state index contributed by atoms with van der Waals surface area (Å²) in [5.74, 6) is -0.0765. The van der Waals surface area contributed by atoms with Gasteiger partial charge in [0.2, 0.25) is 0 Å². The van der Waals surface area contributed by atoms with Crippen molar-refractivity contribution in [1.29, 1.82) is 0 Å². The van der Waals surface area contributed by atoms with Crippen LogP contribution in [0.3, 0.4) is 0 Å². The number of benzene rings is 2. The second-order valence-corrected chi connectivity index (χ2v) is 6.92. The molecule has 142 valence electrons. The van der Waals surface area contributed by atoms with Crippen molar-refractivity contribution in [2.45, 2.75) is 20.3 Å². The molecule has 0 N–H and O–H groups in total. The minimum Gasteiger partial charge on any atom is -0.298 e. The zero-order chi connectivity index (χ0) is 20.4. The van der Waals surface area contributed by atoms with Gasteiger partial charge in [0.25, 0.3) is 0 Å². The van der Waals surface area contributed by atoms with E-state index in [1.807, 2.05) is 37.3 Å². The zero-order valence-corrected chi connectivity index (χ0v) is 16.3. The number of fused-ring (bicyclic) bond motifs is 1. The summed E-state index contributed by atoms with van der Waals surface area (Å²) < 4.78 is 0. The van der Waals surface area contributed by atoms with Crippen LogP contribution in [0.4, 0.5) is 0 Å². The Bertz CT molecular complexity index is 1210. The van der Waals surface area contributed by atoms with Gasteiger partial charge in [-0.3, -0.25) is 9.59 Å². The zero-order valence-electron chi connectivity index (χ0n) is 16.3. The van der Waals surface area contributed by atoms with Crippen LogP contribution in [0.2, 0.25) is 0 Å². The van der Waals surface area contributed by atoms with E-state index in [2.05, 4.69) is 23.2 Å². The second-order valence-electron chi connectivity index (χ2n) is 6.92. The van der Waals surface area contributed by atoms with Gasteiger partial charge in [-0.2, -0.15) is 0 Å². The summed E-state index contributed by atoms with van der Waals surface area (Å²) in [6.07, 6.45) is 1.54. The quantitative estimate of drug-likeness (QED) is 0.337. The lowest BCUT2D eigenvalue weighted by Crippen LogP contribution is -2.03. The lowest BCUT2D eigenvalue weighted by molar-refractivity contribution is 0.101. The van der Waals surface area contributed by atoms with E-state index in [0.29, 0.717) is 17.7 Å². The van der Waals surface area contributed by atoms with Crippen LogP contribution in [-0.2, 0) is 6.42 Å². The fourth-order valence-electron chi connectivity index (χ4n) is 3.46. The van der Waals surface area contributed by atoms with Gasteiger partial charge in [0.1, 0.15) is 12.0 Å². The van der Waals surface area contributed by atoms with Crippen molar-refractivity contribution in [1.82, 2.24) is 9.97 Å². The first-order valence-corrected chi connectivity index (χ1v) is 9.57. The van der Waals surface area contributed by atoms with E-state index in [1.165, 1.54) is 6.92 Å². The molecular formula is C25H20N2O2. The Hall–Kier alpha value is -3.66. The Morgan fingerprint density at radius 2 is 1.66 bits per heavy atom. The van der Waals surface area contributed by atoms with E-state index >= 15 is 0 Å². The van der Waals surface area contributed by atoms with E-state index in [-0.39, 0.29) is 5.78 Å². The molecule has 0 aliphatic heterocycles. The molecule has 2 aromatic heterocycles. The average Bonchev–Trinajstić information content (AvgIpc) is 2.78. The molecule has 0 fully saturated rings. The summed E-state index contributed by atoms with van der Waals surface area (Å²) in [5, 5.41) is 0.949. The molecule has 0 radical (unpaired) electrons. The van der Waals surface area contributed by atoms with Crippen LogP contribution in [0.15, 0.2) is 66.7 Å². The van der Waals surface area contributed by atoms with E-state index in [4.69, 9.17) is 4.98 Å². The molecule has 0 spiro atoms. The summed E-state index contributed by atoms with van der Waals surface area (Å²) in [4.78, 5) is 32.5. The molecule has 4 heteroatoms. The SMILES string of the molecule is CCc1nc(C(C)=O)cc2nc(-c3ccc(C=O)cc3)c(-c3ccccc3)cc12. The lowest BCUT2D eigenvalue weighted by Gasteiger charge is -2.14. The van der Waals surface area contributed by atoms with Gasteiger partial charge < -0.3 is 0 Å². The topological polar surface area (TPSA) is 59.9 Å². The van der Waals surface area contributed by atoms with Crippen molar-refractivity contribution in [3.8, 4) is 22.4 Å². The van der Waals surface area contributed by atoms with Crippen molar-refractivity contribution >= 4 is 23.0 Å². The van der Waals surface area contributed by atoms with E-state index in [0.717, 1.165) is 45.3 Å². The molecule has 0 aliphatic carbocycles. The second kappa shape index (κ2) is 7.76. The number of aromatic nitrogens is 2. The highest BCUT2D eigenvalue weighted by Gasteiger charge is 2.15. The molecule has 4 rings (SSSR count). The van der Waals surface area contributed by atoms with Gasteiger partial charge in [-0.05, 0) is 24.1 Å². The fraction of sp³-hybridized carbons (Fsp3) is 0.120. The third-order valence-electron chi connectivity index (χ3n) is 4.99. The van der Waals surface area contributed by atoms with Crippen molar-refractivity contribution in [3.05, 3.63) is 83.7 Å². The van der Waals surface area contributed by atoms with Crippen LogP contribution in [-0.4, -0.2) is 22.0 Å².